The topological polar surface area (TPSA) is 93.1 Å². The average molecular weight is 428 g/mol. The Morgan fingerprint density at radius 3 is 2.84 bits per heavy atom. The molecule has 1 atom stereocenters. The maximum atomic E-state index is 13.0. The third kappa shape index (κ3) is 3.78. The van der Waals surface area contributed by atoms with Crippen LogP contribution in [0.2, 0.25) is 0 Å². The van der Waals surface area contributed by atoms with E-state index in [-0.39, 0.29) is 18.2 Å². The number of fused-ring (bicyclic) bond motifs is 2. The van der Waals surface area contributed by atoms with Crippen molar-refractivity contribution < 1.29 is 19.1 Å². The number of pyridine rings is 1. The highest BCUT2D eigenvalue weighted by atomic mass is 16.5. The number of anilines is 1. The maximum absolute atomic E-state index is 13.0. The van der Waals surface area contributed by atoms with Gasteiger partial charge in [-0.15, -0.1) is 0 Å². The minimum atomic E-state index is -0.857. The Balaban J connectivity index is 1.32. The number of benzene rings is 2. The fourth-order valence-corrected chi connectivity index (χ4v) is 3.66. The van der Waals surface area contributed by atoms with Gasteiger partial charge in [0.2, 0.25) is 0 Å². The van der Waals surface area contributed by atoms with Gasteiger partial charge in [-0.05, 0) is 41.5 Å². The van der Waals surface area contributed by atoms with Crippen LogP contribution < -0.4 is 19.7 Å². The number of rotatable bonds is 4. The minimum Gasteiger partial charge on any atom is -0.489 e. The highest BCUT2D eigenvalue weighted by molar-refractivity contribution is 6.03. The van der Waals surface area contributed by atoms with E-state index in [1.807, 2.05) is 42.5 Å². The fourth-order valence-electron chi connectivity index (χ4n) is 3.66. The van der Waals surface area contributed by atoms with E-state index in [9.17, 15) is 9.59 Å². The second kappa shape index (κ2) is 8.14. The van der Waals surface area contributed by atoms with Crippen molar-refractivity contribution in [3.05, 3.63) is 77.6 Å². The zero-order valence-corrected chi connectivity index (χ0v) is 17.3. The first kappa shape index (κ1) is 19.7. The summed E-state index contributed by atoms with van der Waals surface area (Å²) in [7, 11) is 1.67. The van der Waals surface area contributed by atoms with E-state index in [2.05, 4.69) is 15.3 Å². The van der Waals surface area contributed by atoms with E-state index in [0.717, 1.165) is 11.1 Å². The third-order valence-corrected chi connectivity index (χ3v) is 5.36. The maximum Gasteiger partial charge on any atom is 0.270 e. The number of amides is 2. The fraction of sp³-hybridized carbons (Fsp3) is 0.167. The predicted molar refractivity (Wildman–Crippen MR) is 119 cm³/mol. The molecule has 0 saturated heterocycles. The summed E-state index contributed by atoms with van der Waals surface area (Å²) in [4.78, 5) is 35.8. The van der Waals surface area contributed by atoms with Crippen molar-refractivity contribution in [3.8, 4) is 17.2 Å². The number of para-hydroxylation sites is 1. The molecular formula is C24H20N4O4. The molecule has 0 radical (unpaired) electrons. The lowest BCUT2D eigenvalue weighted by atomic mass is 10.1. The molecule has 8 heteroatoms. The van der Waals surface area contributed by atoms with Crippen molar-refractivity contribution in [2.24, 2.45) is 4.99 Å². The summed E-state index contributed by atoms with van der Waals surface area (Å²) in [6.07, 6.45) is 3.28. The quantitative estimate of drug-likeness (QED) is 0.690. The average Bonchev–Trinajstić information content (AvgIpc) is 3.24. The van der Waals surface area contributed by atoms with Crippen LogP contribution in [0.4, 0.5) is 5.69 Å². The Bertz CT molecular complexity index is 1230. The van der Waals surface area contributed by atoms with E-state index >= 15 is 0 Å². The Kier molecular flexibility index (Phi) is 5.03. The number of nitrogens with one attached hydrogen (secondary N) is 1. The molecule has 3 heterocycles. The molecule has 2 amide bonds. The van der Waals surface area contributed by atoms with Crippen LogP contribution in [0.25, 0.3) is 0 Å². The predicted octanol–water partition coefficient (Wildman–Crippen LogP) is 2.96. The number of nitrogens with zero attached hydrogens (tertiary/aromatic N) is 3. The van der Waals surface area contributed by atoms with Crippen LogP contribution in [-0.4, -0.2) is 42.7 Å². The first-order valence-corrected chi connectivity index (χ1v) is 10.2. The normalized spacial score (nSPS) is 16.6. The van der Waals surface area contributed by atoms with E-state index in [1.165, 1.54) is 17.2 Å². The minimum absolute atomic E-state index is 0.0156. The number of aromatic nitrogens is 1. The summed E-state index contributed by atoms with van der Waals surface area (Å²) in [5.74, 6) is 0.954. The summed E-state index contributed by atoms with van der Waals surface area (Å²) in [5, 5.41) is 2.74. The largest absolute Gasteiger partial charge is 0.489 e. The molecule has 0 saturated carbocycles. The van der Waals surface area contributed by atoms with Crippen LogP contribution in [0.1, 0.15) is 21.6 Å². The van der Waals surface area contributed by atoms with Gasteiger partial charge in [0.15, 0.2) is 0 Å². The third-order valence-electron chi connectivity index (χ3n) is 5.36. The Morgan fingerprint density at radius 1 is 1.16 bits per heavy atom. The number of hydrogen-bond donors (Lipinski definition) is 1. The van der Waals surface area contributed by atoms with Crippen LogP contribution in [-0.2, 0) is 11.3 Å². The molecular weight excluding hydrogens is 408 g/mol. The van der Waals surface area contributed by atoms with Crippen LogP contribution in [0, 0.1) is 0 Å². The Hall–Kier alpha value is -4.20. The first-order valence-electron chi connectivity index (χ1n) is 10.2. The molecule has 2 aliphatic rings. The molecule has 3 aromatic rings. The standard InChI is InChI=1S/C24H20N4O4/c1-28-21-9-15-12-25-13-16(15)10-22(21)31-14-20(24(28)30)27-23(29)19-11-18(7-8-26-19)32-17-5-3-2-4-6-17/h2-12,20H,13-14H2,1H3,(H,27,29)/t20-/m0/s1. The highest BCUT2D eigenvalue weighted by Crippen LogP contribution is 2.35. The SMILES string of the molecule is CN1C(=O)[C@@H](NC(=O)c2cc(Oc3ccccc3)ccn2)COc2cc3c(cc21)C=NC3. The van der Waals surface area contributed by atoms with E-state index < -0.39 is 11.9 Å². The smallest absolute Gasteiger partial charge is 0.270 e. The number of hydrogen-bond acceptors (Lipinski definition) is 6. The van der Waals surface area contributed by atoms with E-state index in [1.54, 1.807) is 19.3 Å². The molecule has 1 N–H and O–H groups in total. The second-order valence-electron chi connectivity index (χ2n) is 7.51. The lowest BCUT2D eigenvalue weighted by molar-refractivity contribution is -0.120. The zero-order valence-electron chi connectivity index (χ0n) is 17.3. The van der Waals surface area contributed by atoms with E-state index in [0.29, 0.717) is 29.5 Å². The first-order chi connectivity index (χ1) is 15.6. The molecule has 0 fully saturated rings. The summed E-state index contributed by atoms with van der Waals surface area (Å²) in [6, 6.07) is 15.4. The Labute approximate surface area is 184 Å². The van der Waals surface area contributed by atoms with Gasteiger partial charge < -0.3 is 19.7 Å². The monoisotopic (exact) mass is 428 g/mol. The van der Waals surface area contributed by atoms with Crippen molar-refractivity contribution in [2.75, 3.05) is 18.6 Å². The van der Waals surface area contributed by atoms with E-state index in [4.69, 9.17) is 9.47 Å². The van der Waals surface area contributed by atoms with Crippen LogP contribution in [0.15, 0.2) is 65.8 Å². The lowest BCUT2D eigenvalue weighted by Crippen LogP contribution is -2.49. The highest BCUT2D eigenvalue weighted by Gasteiger charge is 2.32. The van der Waals surface area contributed by atoms with Crippen LogP contribution >= 0.6 is 0 Å². The second-order valence-corrected chi connectivity index (χ2v) is 7.51. The molecule has 0 bridgehead atoms. The van der Waals surface area contributed by atoms with Gasteiger partial charge in [0.05, 0.1) is 12.2 Å². The van der Waals surface area contributed by atoms with Crippen molar-refractivity contribution in [1.82, 2.24) is 10.3 Å². The van der Waals surface area contributed by atoms with Gasteiger partial charge in [-0.2, -0.15) is 0 Å². The Morgan fingerprint density at radius 2 is 2.00 bits per heavy atom. The van der Waals surface area contributed by atoms with Gasteiger partial charge in [-0.1, -0.05) is 18.2 Å². The summed E-state index contributed by atoms with van der Waals surface area (Å²) in [6.45, 7) is 0.610. The summed E-state index contributed by atoms with van der Waals surface area (Å²) < 4.78 is 11.7. The van der Waals surface area contributed by atoms with Crippen molar-refractivity contribution in [2.45, 2.75) is 12.6 Å². The zero-order chi connectivity index (χ0) is 22.1. The molecule has 8 nitrogen and oxygen atoms in total. The molecule has 1 aromatic heterocycles. The number of likely N-dealkylation sites (N-methyl/N-ethyl adjacent to an activating group) is 1. The van der Waals surface area contributed by atoms with Gasteiger partial charge in [0.1, 0.15) is 35.6 Å². The molecule has 5 rings (SSSR count). The van der Waals surface area contributed by atoms with Crippen LogP contribution in [0.3, 0.4) is 0 Å². The summed E-state index contributed by atoms with van der Waals surface area (Å²) in [5.41, 5.74) is 2.81. The molecule has 0 spiro atoms. The van der Waals surface area contributed by atoms with Gasteiger partial charge in [-0.25, -0.2) is 0 Å². The van der Waals surface area contributed by atoms with Crippen molar-refractivity contribution in [3.63, 3.8) is 0 Å². The lowest BCUT2D eigenvalue weighted by Gasteiger charge is -2.20. The summed E-state index contributed by atoms with van der Waals surface area (Å²) >= 11 is 0. The number of ether oxygens (including phenoxy) is 2. The number of aliphatic imine (C=N–C) groups is 1. The number of carbonyl (C=O) groups is 2. The molecule has 160 valence electrons. The molecule has 2 aliphatic heterocycles. The molecule has 2 aromatic carbocycles. The van der Waals surface area contributed by atoms with Gasteiger partial charge >= 0.3 is 0 Å². The van der Waals surface area contributed by atoms with Gasteiger partial charge in [0, 0.05) is 25.5 Å². The van der Waals surface area contributed by atoms with Crippen molar-refractivity contribution in [1.29, 1.82) is 0 Å². The molecule has 32 heavy (non-hydrogen) atoms. The molecule has 0 aliphatic carbocycles. The molecule has 0 unspecified atom stereocenters. The van der Waals surface area contributed by atoms with Crippen LogP contribution in [0.5, 0.6) is 17.2 Å². The van der Waals surface area contributed by atoms with Gasteiger partial charge in [-0.3, -0.25) is 19.6 Å². The van der Waals surface area contributed by atoms with Crippen molar-refractivity contribution >= 4 is 23.7 Å². The number of carbonyl (C=O) groups excluding carboxylic acids is 2. The van der Waals surface area contributed by atoms with Gasteiger partial charge in [0.25, 0.3) is 11.8 Å².